The van der Waals surface area contributed by atoms with Crippen LogP contribution in [0.5, 0.6) is 17.2 Å². The molecule has 1 rings (SSSR count). The summed E-state index contributed by atoms with van der Waals surface area (Å²) in [7, 11) is 0. The topological polar surface area (TPSA) is 61.8 Å². The summed E-state index contributed by atoms with van der Waals surface area (Å²) in [4.78, 5) is 23.8. The zero-order valence-corrected chi connectivity index (χ0v) is 14.5. The standard InChI is InChI=1S/C18H26O5/c1-6-21-14-7-8-15(22-17(19)9-12(2)3)16(11-14)23-18(20)10-13(4)5/h7-8,11-13H,6,9-10H2,1-5H3. The van der Waals surface area contributed by atoms with E-state index in [-0.39, 0.29) is 41.7 Å². The highest BCUT2D eigenvalue weighted by Gasteiger charge is 2.16. The Kier molecular flexibility index (Phi) is 7.59. The molecule has 0 aliphatic rings. The lowest BCUT2D eigenvalue weighted by atomic mass is 10.1. The van der Waals surface area contributed by atoms with Crippen LogP contribution < -0.4 is 14.2 Å². The van der Waals surface area contributed by atoms with E-state index in [9.17, 15) is 9.59 Å². The smallest absolute Gasteiger partial charge is 0.311 e. The molecule has 0 aromatic heterocycles. The van der Waals surface area contributed by atoms with Crippen molar-refractivity contribution in [3.63, 3.8) is 0 Å². The molecule has 0 bridgehead atoms. The van der Waals surface area contributed by atoms with Gasteiger partial charge in [-0.1, -0.05) is 27.7 Å². The highest BCUT2D eigenvalue weighted by atomic mass is 16.6. The molecule has 0 fully saturated rings. The number of hydrogen-bond acceptors (Lipinski definition) is 5. The summed E-state index contributed by atoms with van der Waals surface area (Å²) < 4.78 is 16.1. The maximum Gasteiger partial charge on any atom is 0.311 e. The van der Waals surface area contributed by atoms with Crippen LogP contribution in [0.25, 0.3) is 0 Å². The quantitative estimate of drug-likeness (QED) is 0.535. The summed E-state index contributed by atoms with van der Waals surface area (Å²) in [5.74, 6) is 0.653. The van der Waals surface area contributed by atoms with Gasteiger partial charge in [0.15, 0.2) is 11.5 Å². The van der Waals surface area contributed by atoms with Crippen LogP contribution >= 0.6 is 0 Å². The molecule has 0 saturated heterocycles. The molecular formula is C18H26O5. The monoisotopic (exact) mass is 322 g/mol. The molecular weight excluding hydrogens is 296 g/mol. The van der Waals surface area contributed by atoms with Crippen LogP contribution in [0.4, 0.5) is 0 Å². The number of hydrogen-bond donors (Lipinski definition) is 0. The Bertz CT molecular complexity index is 534. The van der Waals surface area contributed by atoms with Gasteiger partial charge in [0, 0.05) is 18.9 Å². The molecule has 5 nitrogen and oxygen atoms in total. The van der Waals surface area contributed by atoms with E-state index in [1.165, 1.54) is 0 Å². The minimum atomic E-state index is -0.366. The summed E-state index contributed by atoms with van der Waals surface area (Å²) in [5, 5.41) is 0. The van der Waals surface area contributed by atoms with E-state index in [1.54, 1.807) is 18.2 Å². The molecule has 1 aromatic carbocycles. The lowest BCUT2D eigenvalue weighted by Gasteiger charge is -2.13. The molecule has 23 heavy (non-hydrogen) atoms. The third kappa shape index (κ3) is 7.17. The van der Waals surface area contributed by atoms with E-state index in [4.69, 9.17) is 14.2 Å². The van der Waals surface area contributed by atoms with Crippen LogP contribution in [-0.2, 0) is 9.59 Å². The van der Waals surface area contributed by atoms with Crippen LogP contribution in [-0.4, -0.2) is 18.5 Å². The number of benzene rings is 1. The van der Waals surface area contributed by atoms with Gasteiger partial charge in [-0.15, -0.1) is 0 Å². The first kappa shape index (κ1) is 19.0. The summed E-state index contributed by atoms with van der Waals surface area (Å²) in [5.41, 5.74) is 0. The van der Waals surface area contributed by atoms with Crippen LogP contribution in [0.2, 0.25) is 0 Å². The summed E-state index contributed by atoms with van der Waals surface area (Å²) in [6, 6.07) is 4.84. The van der Waals surface area contributed by atoms with Crippen LogP contribution in [0.3, 0.4) is 0 Å². The largest absolute Gasteiger partial charge is 0.494 e. The Hall–Kier alpha value is -2.04. The van der Waals surface area contributed by atoms with Crippen molar-refractivity contribution in [2.24, 2.45) is 11.8 Å². The second-order valence-corrected chi connectivity index (χ2v) is 6.19. The van der Waals surface area contributed by atoms with Gasteiger partial charge in [0.05, 0.1) is 6.61 Å². The van der Waals surface area contributed by atoms with Gasteiger partial charge >= 0.3 is 11.9 Å². The molecule has 0 unspecified atom stereocenters. The van der Waals surface area contributed by atoms with Crippen molar-refractivity contribution < 1.29 is 23.8 Å². The van der Waals surface area contributed by atoms with Gasteiger partial charge in [-0.05, 0) is 30.9 Å². The fourth-order valence-corrected chi connectivity index (χ4v) is 1.90. The molecule has 0 spiro atoms. The van der Waals surface area contributed by atoms with Gasteiger partial charge in [0.2, 0.25) is 0 Å². The zero-order chi connectivity index (χ0) is 17.4. The van der Waals surface area contributed by atoms with E-state index in [0.29, 0.717) is 18.8 Å². The fourth-order valence-electron chi connectivity index (χ4n) is 1.90. The van der Waals surface area contributed by atoms with E-state index in [2.05, 4.69) is 0 Å². The molecule has 0 saturated carbocycles. The van der Waals surface area contributed by atoms with Gasteiger partial charge in [0.1, 0.15) is 5.75 Å². The van der Waals surface area contributed by atoms with Crippen molar-refractivity contribution >= 4 is 11.9 Å². The maximum atomic E-state index is 11.9. The van der Waals surface area contributed by atoms with Gasteiger partial charge in [-0.2, -0.15) is 0 Å². The number of carbonyl (C=O) groups excluding carboxylic acids is 2. The molecule has 0 N–H and O–H groups in total. The Balaban J connectivity index is 2.94. The average Bonchev–Trinajstić information content (AvgIpc) is 2.40. The predicted octanol–water partition coefficient (Wildman–Crippen LogP) is 3.99. The molecule has 0 aliphatic carbocycles. The first-order valence-corrected chi connectivity index (χ1v) is 8.00. The zero-order valence-electron chi connectivity index (χ0n) is 14.5. The molecule has 0 amide bonds. The number of rotatable bonds is 8. The van der Waals surface area contributed by atoms with Gasteiger partial charge in [-0.25, -0.2) is 0 Å². The number of esters is 2. The Morgan fingerprint density at radius 3 is 1.91 bits per heavy atom. The van der Waals surface area contributed by atoms with Crippen molar-refractivity contribution in [1.82, 2.24) is 0 Å². The minimum absolute atomic E-state index is 0.185. The summed E-state index contributed by atoms with van der Waals surface area (Å²) in [6.45, 7) is 10.1. The molecule has 0 heterocycles. The van der Waals surface area contributed by atoms with E-state index < -0.39 is 0 Å². The lowest BCUT2D eigenvalue weighted by molar-refractivity contribution is -0.138. The highest BCUT2D eigenvalue weighted by molar-refractivity contribution is 5.76. The molecule has 0 radical (unpaired) electrons. The van der Waals surface area contributed by atoms with E-state index in [1.807, 2.05) is 34.6 Å². The Morgan fingerprint density at radius 2 is 1.43 bits per heavy atom. The van der Waals surface area contributed by atoms with Gasteiger partial charge < -0.3 is 14.2 Å². The predicted molar refractivity (Wildman–Crippen MR) is 87.8 cm³/mol. The highest BCUT2D eigenvalue weighted by Crippen LogP contribution is 2.32. The minimum Gasteiger partial charge on any atom is -0.494 e. The molecule has 5 heteroatoms. The van der Waals surface area contributed by atoms with Crippen molar-refractivity contribution in [2.75, 3.05) is 6.61 Å². The summed E-state index contributed by atoms with van der Waals surface area (Å²) >= 11 is 0. The van der Waals surface area contributed by atoms with Gasteiger partial charge in [-0.3, -0.25) is 9.59 Å². The summed E-state index contributed by atoms with van der Waals surface area (Å²) in [6.07, 6.45) is 0.588. The third-order valence-corrected chi connectivity index (χ3v) is 2.82. The van der Waals surface area contributed by atoms with Crippen molar-refractivity contribution in [3.8, 4) is 17.2 Å². The van der Waals surface area contributed by atoms with Crippen molar-refractivity contribution in [1.29, 1.82) is 0 Å². The average molecular weight is 322 g/mol. The lowest BCUT2D eigenvalue weighted by Crippen LogP contribution is -2.14. The second kappa shape index (κ2) is 9.18. The van der Waals surface area contributed by atoms with Crippen LogP contribution in [0, 0.1) is 11.8 Å². The van der Waals surface area contributed by atoms with E-state index in [0.717, 1.165) is 0 Å². The maximum absolute atomic E-state index is 11.9. The number of ether oxygens (including phenoxy) is 3. The molecule has 0 atom stereocenters. The normalized spacial score (nSPS) is 10.7. The first-order valence-electron chi connectivity index (χ1n) is 8.00. The van der Waals surface area contributed by atoms with Crippen molar-refractivity contribution in [2.45, 2.75) is 47.5 Å². The third-order valence-electron chi connectivity index (χ3n) is 2.82. The van der Waals surface area contributed by atoms with Crippen molar-refractivity contribution in [3.05, 3.63) is 18.2 Å². The van der Waals surface area contributed by atoms with Gasteiger partial charge in [0.25, 0.3) is 0 Å². The second-order valence-electron chi connectivity index (χ2n) is 6.19. The number of carbonyl (C=O) groups is 2. The first-order chi connectivity index (χ1) is 10.8. The van der Waals surface area contributed by atoms with Crippen LogP contribution in [0.15, 0.2) is 18.2 Å². The fraction of sp³-hybridized carbons (Fsp3) is 0.556. The van der Waals surface area contributed by atoms with Crippen LogP contribution in [0.1, 0.15) is 47.5 Å². The molecule has 128 valence electrons. The molecule has 1 aromatic rings. The Morgan fingerprint density at radius 1 is 0.913 bits per heavy atom. The van der Waals surface area contributed by atoms with E-state index >= 15 is 0 Å². The molecule has 0 aliphatic heterocycles. The SMILES string of the molecule is CCOc1ccc(OC(=O)CC(C)C)c(OC(=O)CC(C)C)c1. The Labute approximate surface area is 137 Å².